The third-order valence-corrected chi connectivity index (χ3v) is 4.27. The summed E-state index contributed by atoms with van der Waals surface area (Å²) < 4.78 is 5.57. The van der Waals surface area contributed by atoms with Crippen LogP contribution >= 0.6 is 0 Å². The van der Waals surface area contributed by atoms with Gasteiger partial charge in [-0.2, -0.15) is 0 Å². The fraction of sp³-hybridized carbons (Fsp3) is 0.650. The van der Waals surface area contributed by atoms with Crippen LogP contribution in [0.2, 0.25) is 0 Å². The van der Waals surface area contributed by atoms with Gasteiger partial charge in [-0.15, -0.1) is 0 Å². The van der Waals surface area contributed by atoms with Gasteiger partial charge >= 0.3 is 6.09 Å². The first-order chi connectivity index (χ1) is 11.1. The zero-order valence-electron chi connectivity index (χ0n) is 16.0. The topological polar surface area (TPSA) is 41.6 Å². The minimum Gasteiger partial charge on any atom is -0.444 e. The molecular formula is C20H32N2O2. The Morgan fingerprint density at radius 2 is 1.79 bits per heavy atom. The van der Waals surface area contributed by atoms with E-state index in [1.807, 2.05) is 25.7 Å². The summed E-state index contributed by atoms with van der Waals surface area (Å²) in [5, 5.41) is 3.39. The molecule has 1 aliphatic heterocycles. The fourth-order valence-corrected chi connectivity index (χ4v) is 2.92. The van der Waals surface area contributed by atoms with Crippen LogP contribution in [0, 0.1) is 0 Å². The molecule has 0 unspecified atom stereocenters. The molecule has 1 N–H and O–H groups in total. The van der Waals surface area contributed by atoms with E-state index in [0.29, 0.717) is 6.54 Å². The van der Waals surface area contributed by atoms with Crippen LogP contribution in [0.3, 0.4) is 0 Å². The first-order valence-electron chi connectivity index (χ1n) is 8.86. The third kappa shape index (κ3) is 5.23. The Balaban J connectivity index is 2.07. The van der Waals surface area contributed by atoms with Crippen LogP contribution in [0.15, 0.2) is 24.3 Å². The van der Waals surface area contributed by atoms with E-state index in [0.717, 1.165) is 19.5 Å². The molecule has 1 aliphatic rings. The standard InChI is InChI=1S/C20H32N2O2/c1-19(2,3)16-9-7-15(8-10-16)13-17-14-21-11-12-22(17)18(23)24-20(4,5)6/h7-10,17,21H,11-14H2,1-6H3/t17-/m0/s1. The number of ether oxygens (including phenoxy) is 1. The highest BCUT2D eigenvalue weighted by Gasteiger charge is 2.30. The minimum absolute atomic E-state index is 0.133. The SMILES string of the molecule is CC(C)(C)OC(=O)N1CCNC[C@@H]1Cc1ccc(C(C)(C)C)cc1. The molecule has 0 bridgehead atoms. The van der Waals surface area contributed by atoms with Gasteiger partial charge in [0.25, 0.3) is 0 Å². The Kier molecular flexibility index (Phi) is 5.59. The number of nitrogens with one attached hydrogen (secondary N) is 1. The van der Waals surface area contributed by atoms with E-state index in [1.54, 1.807) is 0 Å². The smallest absolute Gasteiger partial charge is 0.410 e. The average Bonchev–Trinajstić information content (AvgIpc) is 2.45. The molecule has 1 fully saturated rings. The summed E-state index contributed by atoms with van der Waals surface area (Å²) in [4.78, 5) is 14.4. The van der Waals surface area contributed by atoms with E-state index in [2.05, 4.69) is 50.4 Å². The predicted molar refractivity (Wildman–Crippen MR) is 98.4 cm³/mol. The fourth-order valence-electron chi connectivity index (χ4n) is 2.92. The van der Waals surface area contributed by atoms with Crippen LogP contribution in [0.5, 0.6) is 0 Å². The van der Waals surface area contributed by atoms with Gasteiger partial charge in [0.05, 0.1) is 6.04 Å². The van der Waals surface area contributed by atoms with E-state index in [1.165, 1.54) is 11.1 Å². The Morgan fingerprint density at radius 1 is 1.17 bits per heavy atom. The molecule has 0 aliphatic carbocycles. The maximum Gasteiger partial charge on any atom is 0.410 e. The summed E-state index contributed by atoms with van der Waals surface area (Å²) in [7, 11) is 0. The second kappa shape index (κ2) is 7.14. The number of hydrogen-bond donors (Lipinski definition) is 1. The summed E-state index contributed by atoms with van der Waals surface area (Å²) in [5.74, 6) is 0. The van der Waals surface area contributed by atoms with E-state index in [4.69, 9.17) is 4.74 Å². The van der Waals surface area contributed by atoms with Gasteiger partial charge in [-0.05, 0) is 43.7 Å². The van der Waals surface area contributed by atoms with Gasteiger partial charge in [0, 0.05) is 19.6 Å². The first kappa shape index (κ1) is 18.8. The second-order valence-electron chi connectivity index (χ2n) is 8.68. The summed E-state index contributed by atoms with van der Waals surface area (Å²) in [5.41, 5.74) is 2.29. The highest BCUT2D eigenvalue weighted by Crippen LogP contribution is 2.23. The Bertz CT molecular complexity index is 552. The van der Waals surface area contributed by atoms with Crippen LogP contribution in [0.1, 0.15) is 52.7 Å². The summed E-state index contributed by atoms with van der Waals surface area (Å²) in [6.45, 7) is 14.7. The van der Waals surface area contributed by atoms with Gasteiger partial charge in [0.2, 0.25) is 0 Å². The predicted octanol–water partition coefficient (Wildman–Crippen LogP) is 3.74. The van der Waals surface area contributed by atoms with Gasteiger partial charge in [0.1, 0.15) is 5.60 Å². The van der Waals surface area contributed by atoms with Crippen molar-refractivity contribution >= 4 is 6.09 Å². The maximum absolute atomic E-state index is 12.5. The Labute approximate surface area is 146 Å². The van der Waals surface area contributed by atoms with Crippen LogP contribution in [-0.2, 0) is 16.6 Å². The maximum atomic E-state index is 12.5. The summed E-state index contributed by atoms with van der Waals surface area (Å²) in [6.07, 6.45) is 0.636. The lowest BCUT2D eigenvalue weighted by molar-refractivity contribution is 0.0122. The minimum atomic E-state index is -0.457. The number of carbonyl (C=O) groups excluding carboxylic acids is 1. The number of nitrogens with zero attached hydrogens (tertiary/aromatic N) is 1. The molecule has 1 heterocycles. The Morgan fingerprint density at radius 3 is 2.33 bits per heavy atom. The molecule has 2 rings (SSSR count). The number of amides is 1. The lowest BCUT2D eigenvalue weighted by Crippen LogP contribution is -2.55. The molecule has 0 spiro atoms. The summed E-state index contributed by atoms with van der Waals surface area (Å²) in [6, 6.07) is 8.90. The van der Waals surface area contributed by atoms with Crippen LogP contribution in [0.25, 0.3) is 0 Å². The molecule has 0 radical (unpaired) electrons. The van der Waals surface area contributed by atoms with Crippen LogP contribution in [-0.4, -0.2) is 42.3 Å². The first-order valence-corrected chi connectivity index (χ1v) is 8.86. The van der Waals surface area contributed by atoms with E-state index >= 15 is 0 Å². The number of hydrogen-bond acceptors (Lipinski definition) is 3. The van der Waals surface area contributed by atoms with Crippen molar-refractivity contribution < 1.29 is 9.53 Å². The monoisotopic (exact) mass is 332 g/mol. The molecule has 4 heteroatoms. The van der Waals surface area contributed by atoms with Gasteiger partial charge in [-0.1, -0.05) is 45.0 Å². The second-order valence-corrected chi connectivity index (χ2v) is 8.68. The normalized spacial score (nSPS) is 19.2. The largest absolute Gasteiger partial charge is 0.444 e. The molecule has 1 saturated heterocycles. The van der Waals surface area contributed by atoms with E-state index < -0.39 is 5.60 Å². The number of piperazine rings is 1. The zero-order valence-corrected chi connectivity index (χ0v) is 16.0. The highest BCUT2D eigenvalue weighted by molar-refractivity contribution is 5.68. The van der Waals surface area contributed by atoms with E-state index in [9.17, 15) is 4.79 Å². The van der Waals surface area contributed by atoms with Crippen molar-refractivity contribution in [3.05, 3.63) is 35.4 Å². The molecule has 0 saturated carbocycles. The average molecular weight is 332 g/mol. The summed E-state index contributed by atoms with van der Waals surface area (Å²) >= 11 is 0. The van der Waals surface area contributed by atoms with Crippen molar-refractivity contribution in [1.29, 1.82) is 0 Å². The lowest BCUT2D eigenvalue weighted by Gasteiger charge is -2.37. The molecule has 1 aromatic rings. The van der Waals surface area contributed by atoms with Crippen molar-refractivity contribution in [1.82, 2.24) is 10.2 Å². The lowest BCUT2D eigenvalue weighted by atomic mass is 9.86. The van der Waals surface area contributed by atoms with Crippen molar-refractivity contribution in [3.8, 4) is 0 Å². The quantitative estimate of drug-likeness (QED) is 0.897. The molecule has 1 atom stereocenters. The van der Waals surface area contributed by atoms with Crippen molar-refractivity contribution in [2.75, 3.05) is 19.6 Å². The van der Waals surface area contributed by atoms with Crippen molar-refractivity contribution in [2.24, 2.45) is 0 Å². The molecular weight excluding hydrogens is 300 g/mol. The van der Waals surface area contributed by atoms with Gasteiger partial charge in [-0.3, -0.25) is 0 Å². The van der Waals surface area contributed by atoms with Gasteiger partial charge in [-0.25, -0.2) is 4.79 Å². The van der Waals surface area contributed by atoms with Crippen LogP contribution < -0.4 is 5.32 Å². The van der Waals surface area contributed by atoms with Crippen molar-refractivity contribution in [2.45, 2.75) is 65.0 Å². The molecule has 0 aromatic heterocycles. The van der Waals surface area contributed by atoms with Crippen molar-refractivity contribution in [3.63, 3.8) is 0 Å². The molecule has 1 aromatic carbocycles. The molecule has 134 valence electrons. The van der Waals surface area contributed by atoms with Crippen LogP contribution in [0.4, 0.5) is 4.79 Å². The van der Waals surface area contributed by atoms with Gasteiger partial charge < -0.3 is 15.0 Å². The molecule has 4 nitrogen and oxygen atoms in total. The number of benzene rings is 1. The molecule has 24 heavy (non-hydrogen) atoms. The molecule has 1 amide bonds. The van der Waals surface area contributed by atoms with Gasteiger partial charge in [0.15, 0.2) is 0 Å². The van der Waals surface area contributed by atoms with E-state index in [-0.39, 0.29) is 17.6 Å². The highest BCUT2D eigenvalue weighted by atomic mass is 16.6. The number of carbonyl (C=O) groups is 1. The number of rotatable bonds is 2. The zero-order chi connectivity index (χ0) is 18.0. The Hall–Kier alpha value is -1.55. The third-order valence-electron chi connectivity index (χ3n) is 4.27.